The van der Waals surface area contributed by atoms with E-state index >= 15 is 0 Å². The summed E-state index contributed by atoms with van der Waals surface area (Å²) >= 11 is 6.14. The van der Waals surface area contributed by atoms with Crippen LogP contribution in [0.2, 0.25) is 5.02 Å². The summed E-state index contributed by atoms with van der Waals surface area (Å²) in [5.41, 5.74) is 1.28. The molecule has 0 aliphatic heterocycles. The molecule has 0 atom stereocenters. The Labute approximate surface area is 158 Å². The molecular weight excluding hydrogens is 372 g/mol. The number of hydrogen-bond donors (Lipinski definition) is 2. The molecule has 1 fully saturated rings. The van der Waals surface area contributed by atoms with Crippen LogP contribution in [0.5, 0.6) is 0 Å². The third-order valence-electron chi connectivity index (χ3n) is 4.69. The van der Waals surface area contributed by atoms with E-state index in [4.69, 9.17) is 11.6 Å². The molecule has 0 saturated heterocycles. The largest absolute Gasteiger partial charge is 0.325 e. The van der Waals surface area contributed by atoms with Gasteiger partial charge in [-0.3, -0.25) is 9.52 Å². The van der Waals surface area contributed by atoms with Gasteiger partial charge in [-0.2, -0.15) is 0 Å². The highest BCUT2D eigenvalue weighted by atomic mass is 35.5. The number of amides is 1. The topological polar surface area (TPSA) is 75.3 Å². The minimum Gasteiger partial charge on any atom is -0.325 e. The minimum atomic E-state index is -3.38. The maximum absolute atomic E-state index is 13.2. The van der Waals surface area contributed by atoms with Gasteiger partial charge in [0.2, 0.25) is 15.9 Å². The summed E-state index contributed by atoms with van der Waals surface area (Å²) in [7, 11) is -3.38. The van der Waals surface area contributed by atoms with Crippen LogP contribution in [-0.4, -0.2) is 20.6 Å². The molecule has 1 aliphatic carbocycles. The molecule has 2 aromatic carbocycles. The first kappa shape index (κ1) is 18.7. The van der Waals surface area contributed by atoms with Crippen LogP contribution in [-0.2, 0) is 20.2 Å². The molecule has 2 aromatic rings. The molecule has 0 spiro atoms. The lowest BCUT2D eigenvalue weighted by Crippen LogP contribution is -2.38. The van der Waals surface area contributed by atoms with Gasteiger partial charge in [0.15, 0.2) is 0 Å². The van der Waals surface area contributed by atoms with Gasteiger partial charge in [-0.05, 0) is 48.7 Å². The molecule has 0 bridgehead atoms. The molecule has 1 aliphatic rings. The Morgan fingerprint density at radius 3 is 2.35 bits per heavy atom. The number of halogens is 1. The van der Waals surface area contributed by atoms with Crippen LogP contribution in [0.3, 0.4) is 0 Å². The summed E-state index contributed by atoms with van der Waals surface area (Å²) in [4.78, 5) is 13.2. The Bertz CT molecular complexity index is 922. The summed E-state index contributed by atoms with van der Waals surface area (Å²) in [6.07, 6.45) is 4.58. The lowest BCUT2D eigenvalue weighted by atomic mass is 9.78. The van der Waals surface area contributed by atoms with Gasteiger partial charge in [0.05, 0.1) is 17.4 Å². The first-order valence-corrected chi connectivity index (χ1v) is 10.7. The predicted molar refractivity (Wildman–Crippen MR) is 105 cm³/mol. The minimum absolute atomic E-state index is 0.0891. The standard InChI is InChI=1S/C19H21ClN2O3S/c1-26(24,25)22-17-9-5-8-16(13-17)21-18(23)19(10-2-3-11-19)14-6-4-7-15(20)12-14/h4-9,12-13,22H,2-3,10-11H2,1H3,(H,21,23). The maximum atomic E-state index is 13.2. The van der Waals surface area contributed by atoms with Crippen molar-refractivity contribution in [2.24, 2.45) is 0 Å². The number of anilines is 2. The quantitative estimate of drug-likeness (QED) is 0.802. The molecular formula is C19H21ClN2O3S. The van der Waals surface area contributed by atoms with Gasteiger partial charge >= 0.3 is 0 Å². The zero-order valence-electron chi connectivity index (χ0n) is 14.5. The van der Waals surface area contributed by atoms with E-state index in [1.54, 1.807) is 30.3 Å². The van der Waals surface area contributed by atoms with E-state index in [1.165, 1.54) is 0 Å². The molecule has 5 nitrogen and oxygen atoms in total. The van der Waals surface area contributed by atoms with E-state index in [0.717, 1.165) is 37.5 Å². The monoisotopic (exact) mass is 392 g/mol. The van der Waals surface area contributed by atoms with Crippen LogP contribution < -0.4 is 10.0 Å². The van der Waals surface area contributed by atoms with Gasteiger partial charge in [0, 0.05) is 10.7 Å². The highest BCUT2D eigenvalue weighted by molar-refractivity contribution is 7.92. The second-order valence-electron chi connectivity index (χ2n) is 6.71. The fraction of sp³-hybridized carbons (Fsp3) is 0.316. The number of benzene rings is 2. The SMILES string of the molecule is CS(=O)(=O)Nc1cccc(NC(=O)C2(c3cccc(Cl)c3)CCCC2)c1. The van der Waals surface area contributed by atoms with E-state index in [1.807, 2.05) is 18.2 Å². The average Bonchev–Trinajstić information content (AvgIpc) is 3.04. The van der Waals surface area contributed by atoms with E-state index in [0.29, 0.717) is 16.4 Å². The second kappa shape index (κ2) is 7.29. The summed E-state index contributed by atoms with van der Waals surface area (Å²) in [6.45, 7) is 0. The van der Waals surface area contributed by atoms with Crippen molar-refractivity contribution in [2.75, 3.05) is 16.3 Å². The van der Waals surface area contributed by atoms with Crippen molar-refractivity contribution < 1.29 is 13.2 Å². The van der Waals surface area contributed by atoms with E-state index < -0.39 is 15.4 Å². The number of nitrogens with one attached hydrogen (secondary N) is 2. The first-order chi connectivity index (χ1) is 12.3. The van der Waals surface area contributed by atoms with Crippen molar-refractivity contribution in [3.05, 3.63) is 59.1 Å². The lowest BCUT2D eigenvalue weighted by Gasteiger charge is -2.28. The van der Waals surface area contributed by atoms with Gasteiger partial charge in [-0.1, -0.05) is 42.6 Å². The van der Waals surface area contributed by atoms with Crippen LogP contribution in [0.15, 0.2) is 48.5 Å². The smallest absolute Gasteiger partial charge is 0.235 e. The Morgan fingerprint density at radius 2 is 1.69 bits per heavy atom. The lowest BCUT2D eigenvalue weighted by molar-refractivity contribution is -0.121. The third-order valence-corrected chi connectivity index (χ3v) is 5.53. The van der Waals surface area contributed by atoms with E-state index in [-0.39, 0.29) is 5.91 Å². The maximum Gasteiger partial charge on any atom is 0.235 e. The van der Waals surface area contributed by atoms with E-state index in [9.17, 15) is 13.2 Å². The van der Waals surface area contributed by atoms with Crippen LogP contribution >= 0.6 is 11.6 Å². The number of carbonyl (C=O) groups excluding carboxylic acids is 1. The van der Waals surface area contributed by atoms with Crippen LogP contribution in [0.25, 0.3) is 0 Å². The van der Waals surface area contributed by atoms with Crippen molar-refractivity contribution in [1.82, 2.24) is 0 Å². The Morgan fingerprint density at radius 1 is 1.04 bits per heavy atom. The second-order valence-corrected chi connectivity index (χ2v) is 8.89. The van der Waals surface area contributed by atoms with Crippen molar-refractivity contribution in [2.45, 2.75) is 31.1 Å². The van der Waals surface area contributed by atoms with Crippen LogP contribution in [0.1, 0.15) is 31.2 Å². The van der Waals surface area contributed by atoms with Crippen molar-refractivity contribution in [3.8, 4) is 0 Å². The third kappa shape index (κ3) is 4.19. The highest BCUT2D eigenvalue weighted by Gasteiger charge is 2.42. The van der Waals surface area contributed by atoms with Gasteiger partial charge in [-0.15, -0.1) is 0 Å². The average molecular weight is 393 g/mol. The Kier molecular flexibility index (Phi) is 5.25. The molecule has 3 rings (SSSR count). The molecule has 0 aromatic heterocycles. The Hall–Kier alpha value is -2.05. The normalized spacial score (nSPS) is 16.2. The molecule has 26 heavy (non-hydrogen) atoms. The van der Waals surface area contributed by atoms with Crippen molar-refractivity contribution >= 4 is 38.9 Å². The van der Waals surface area contributed by atoms with Crippen molar-refractivity contribution in [1.29, 1.82) is 0 Å². The molecule has 1 saturated carbocycles. The molecule has 0 heterocycles. The summed E-state index contributed by atoms with van der Waals surface area (Å²) in [6, 6.07) is 14.1. The number of hydrogen-bond acceptors (Lipinski definition) is 3. The molecule has 0 radical (unpaired) electrons. The van der Waals surface area contributed by atoms with Gasteiger partial charge in [0.25, 0.3) is 0 Å². The summed E-state index contributed by atoms with van der Waals surface area (Å²) in [5, 5.41) is 3.56. The van der Waals surface area contributed by atoms with Crippen LogP contribution in [0.4, 0.5) is 11.4 Å². The highest BCUT2D eigenvalue weighted by Crippen LogP contribution is 2.42. The molecule has 0 unspecified atom stereocenters. The zero-order chi connectivity index (χ0) is 18.8. The fourth-order valence-corrected chi connectivity index (χ4v) is 4.28. The summed E-state index contributed by atoms with van der Waals surface area (Å²) < 4.78 is 25.2. The molecule has 7 heteroatoms. The van der Waals surface area contributed by atoms with Gasteiger partial charge in [-0.25, -0.2) is 8.42 Å². The zero-order valence-corrected chi connectivity index (χ0v) is 16.0. The molecule has 138 valence electrons. The fourth-order valence-electron chi connectivity index (χ4n) is 3.54. The molecule has 2 N–H and O–H groups in total. The van der Waals surface area contributed by atoms with Crippen molar-refractivity contribution in [3.63, 3.8) is 0 Å². The number of sulfonamides is 1. The van der Waals surface area contributed by atoms with Crippen LogP contribution in [0, 0.1) is 0 Å². The number of rotatable bonds is 5. The van der Waals surface area contributed by atoms with Gasteiger partial charge in [0.1, 0.15) is 0 Å². The first-order valence-electron chi connectivity index (χ1n) is 8.44. The summed E-state index contributed by atoms with van der Waals surface area (Å²) in [5.74, 6) is -0.0891. The predicted octanol–water partition coefficient (Wildman–Crippen LogP) is 4.16. The molecule has 1 amide bonds. The number of carbonyl (C=O) groups is 1. The Balaban J connectivity index is 1.87. The van der Waals surface area contributed by atoms with E-state index in [2.05, 4.69) is 10.0 Å². The van der Waals surface area contributed by atoms with Gasteiger partial charge < -0.3 is 5.32 Å².